The number of urea groups is 1. The molecule has 2 saturated heterocycles. The van der Waals surface area contributed by atoms with E-state index in [4.69, 9.17) is 5.73 Å². The number of nitrogens with zero attached hydrogens (tertiary/aromatic N) is 2. The maximum atomic E-state index is 13.0. The fourth-order valence-electron chi connectivity index (χ4n) is 5.37. The van der Waals surface area contributed by atoms with Gasteiger partial charge in [-0.15, -0.1) is 0 Å². The van der Waals surface area contributed by atoms with Crippen LogP contribution in [-0.4, -0.2) is 58.7 Å². The van der Waals surface area contributed by atoms with Crippen LogP contribution in [0.25, 0.3) is 0 Å². The van der Waals surface area contributed by atoms with Crippen molar-refractivity contribution >= 4 is 29.4 Å². The van der Waals surface area contributed by atoms with Crippen LogP contribution in [0.3, 0.4) is 0 Å². The quantitative estimate of drug-likeness (QED) is 0.565. The Labute approximate surface area is 194 Å². The van der Waals surface area contributed by atoms with E-state index in [-0.39, 0.29) is 30.2 Å². The zero-order valence-electron chi connectivity index (χ0n) is 19.1. The van der Waals surface area contributed by atoms with Crippen LogP contribution in [0.1, 0.15) is 51.0 Å². The molecule has 9 nitrogen and oxygen atoms in total. The SMILES string of the molecule is C[C@@H]1CCCC[C@]12NC(=O)N(CC(=O)Nc1ccc(CN3CCC[C@H](C(N)=O)C3)cc1)C2=O. The third kappa shape index (κ3) is 4.88. The van der Waals surface area contributed by atoms with Gasteiger partial charge in [-0.05, 0) is 55.8 Å². The van der Waals surface area contributed by atoms with Gasteiger partial charge in [-0.3, -0.25) is 24.2 Å². The summed E-state index contributed by atoms with van der Waals surface area (Å²) in [5.41, 5.74) is 6.27. The van der Waals surface area contributed by atoms with Gasteiger partial charge >= 0.3 is 6.03 Å². The summed E-state index contributed by atoms with van der Waals surface area (Å²) in [5.74, 6) is -0.986. The number of primary amides is 1. The Bertz CT molecular complexity index is 933. The Morgan fingerprint density at radius 3 is 2.61 bits per heavy atom. The molecular formula is C24H33N5O4. The van der Waals surface area contributed by atoms with Gasteiger partial charge in [0.15, 0.2) is 0 Å². The molecule has 0 radical (unpaired) electrons. The number of rotatable bonds is 6. The third-order valence-corrected chi connectivity index (χ3v) is 7.35. The molecule has 1 saturated carbocycles. The highest BCUT2D eigenvalue weighted by Crippen LogP contribution is 2.38. The molecule has 1 aromatic rings. The van der Waals surface area contributed by atoms with Crippen molar-refractivity contribution in [1.82, 2.24) is 15.1 Å². The monoisotopic (exact) mass is 455 g/mol. The summed E-state index contributed by atoms with van der Waals surface area (Å²) in [7, 11) is 0. The Morgan fingerprint density at radius 1 is 1.15 bits per heavy atom. The van der Waals surface area contributed by atoms with Gasteiger partial charge in [0.2, 0.25) is 11.8 Å². The number of benzene rings is 1. The number of nitrogens with one attached hydrogen (secondary N) is 2. The van der Waals surface area contributed by atoms with E-state index < -0.39 is 17.5 Å². The summed E-state index contributed by atoms with van der Waals surface area (Å²) in [6, 6.07) is 6.97. The van der Waals surface area contributed by atoms with Crippen molar-refractivity contribution in [3.63, 3.8) is 0 Å². The average molecular weight is 456 g/mol. The van der Waals surface area contributed by atoms with Crippen LogP contribution in [0, 0.1) is 11.8 Å². The van der Waals surface area contributed by atoms with Crippen LogP contribution < -0.4 is 16.4 Å². The standard InChI is InChI=1S/C24H33N5O4/c1-16-5-2-3-11-24(16)22(32)29(23(33)27-24)15-20(30)26-19-9-7-17(8-10-19)13-28-12-4-6-18(14-28)21(25)31/h7-10,16,18H,2-6,11-15H2,1H3,(H2,25,31)(H,26,30)(H,27,33)/t16-,18+,24+/m1/s1. The summed E-state index contributed by atoms with van der Waals surface area (Å²) in [5, 5.41) is 5.65. The normalized spacial score (nSPS) is 28.1. The number of hydrogen-bond donors (Lipinski definition) is 3. The molecule has 178 valence electrons. The highest BCUT2D eigenvalue weighted by molar-refractivity contribution is 6.10. The number of hydrogen-bond acceptors (Lipinski definition) is 5. The summed E-state index contributed by atoms with van der Waals surface area (Å²) in [6.07, 6.45) is 5.24. The lowest BCUT2D eigenvalue weighted by molar-refractivity contribution is -0.136. The fourth-order valence-corrected chi connectivity index (χ4v) is 5.37. The third-order valence-electron chi connectivity index (χ3n) is 7.35. The number of anilines is 1. The molecule has 4 N–H and O–H groups in total. The second-order valence-electron chi connectivity index (χ2n) is 9.66. The van der Waals surface area contributed by atoms with Gasteiger partial charge in [0.05, 0.1) is 5.92 Å². The van der Waals surface area contributed by atoms with Crippen molar-refractivity contribution in [3.05, 3.63) is 29.8 Å². The second-order valence-corrected chi connectivity index (χ2v) is 9.66. The number of likely N-dealkylation sites (tertiary alicyclic amines) is 1. The summed E-state index contributed by atoms with van der Waals surface area (Å²) in [4.78, 5) is 52.8. The van der Waals surface area contributed by atoms with Crippen molar-refractivity contribution in [3.8, 4) is 0 Å². The first-order valence-corrected chi connectivity index (χ1v) is 11.8. The van der Waals surface area contributed by atoms with Gasteiger partial charge < -0.3 is 16.4 Å². The minimum atomic E-state index is -0.862. The first kappa shape index (κ1) is 23.2. The topological polar surface area (TPSA) is 125 Å². The number of carbonyl (C=O) groups excluding carboxylic acids is 4. The molecule has 0 aromatic heterocycles. The van der Waals surface area contributed by atoms with Crippen molar-refractivity contribution in [2.45, 2.75) is 57.5 Å². The van der Waals surface area contributed by atoms with Crippen molar-refractivity contribution in [1.29, 1.82) is 0 Å². The molecule has 5 amide bonds. The smallest absolute Gasteiger partial charge is 0.325 e. The molecule has 9 heteroatoms. The number of carbonyl (C=O) groups is 4. The van der Waals surface area contributed by atoms with Crippen LogP contribution >= 0.6 is 0 Å². The van der Waals surface area contributed by atoms with Crippen LogP contribution in [0.5, 0.6) is 0 Å². The molecule has 3 fully saturated rings. The van der Waals surface area contributed by atoms with E-state index in [1.165, 1.54) is 0 Å². The van der Waals surface area contributed by atoms with E-state index in [2.05, 4.69) is 15.5 Å². The number of amides is 5. The van der Waals surface area contributed by atoms with Gasteiger partial charge in [0.25, 0.3) is 5.91 Å². The van der Waals surface area contributed by atoms with Gasteiger partial charge in [-0.2, -0.15) is 0 Å². The zero-order valence-corrected chi connectivity index (χ0v) is 19.1. The van der Waals surface area contributed by atoms with E-state index in [0.29, 0.717) is 25.2 Å². The van der Waals surface area contributed by atoms with Crippen molar-refractivity contribution in [2.75, 3.05) is 25.0 Å². The minimum absolute atomic E-state index is 0.0569. The Kier molecular flexibility index (Phi) is 6.69. The van der Waals surface area contributed by atoms with Gasteiger partial charge in [-0.1, -0.05) is 31.9 Å². The van der Waals surface area contributed by atoms with E-state index in [0.717, 1.165) is 49.1 Å². The first-order valence-electron chi connectivity index (χ1n) is 11.8. The van der Waals surface area contributed by atoms with Gasteiger partial charge in [0, 0.05) is 18.8 Å². The van der Waals surface area contributed by atoms with E-state index in [1.54, 1.807) is 12.1 Å². The molecule has 0 unspecified atom stereocenters. The largest absolute Gasteiger partial charge is 0.369 e. The number of nitrogens with two attached hydrogens (primary N) is 1. The molecule has 3 aliphatic rings. The molecule has 1 aliphatic carbocycles. The molecule has 1 spiro atoms. The lowest BCUT2D eigenvalue weighted by Crippen LogP contribution is -2.54. The minimum Gasteiger partial charge on any atom is -0.369 e. The first-order chi connectivity index (χ1) is 15.8. The lowest BCUT2D eigenvalue weighted by atomic mass is 9.73. The molecule has 2 heterocycles. The summed E-state index contributed by atoms with van der Waals surface area (Å²) in [6.45, 7) is 3.98. The van der Waals surface area contributed by atoms with Crippen LogP contribution in [-0.2, 0) is 20.9 Å². The van der Waals surface area contributed by atoms with Gasteiger partial charge in [-0.25, -0.2) is 4.79 Å². The van der Waals surface area contributed by atoms with E-state index in [9.17, 15) is 19.2 Å². The zero-order chi connectivity index (χ0) is 23.6. The molecule has 3 atom stereocenters. The van der Waals surface area contributed by atoms with E-state index in [1.807, 2.05) is 19.1 Å². The summed E-state index contributed by atoms with van der Waals surface area (Å²) < 4.78 is 0. The average Bonchev–Trinajstić information content (AvgIpc) is 3.02. The number of piperidine rings is 1. The molecule has 1 aromatic carbocycles. The maximum absolute atomic E-state index is 13.0. The molecule has 2 aliphatic heterocycles. The Morgan fingerprint density at radius 2 is 1.91 bits per heavy atom. The van der Waals surface area contributed by atoms with Crippen molar-refractivity contribution < 1.29 is 19.2 Å². The van der Waals surface area contributed by atoms with Crippen molar-refractivity contribution in [2.24, 2.45) is 17.6 Å². The highest BCUT2D eigenvalue weighted by atomic mass is 16.2. The maximum Gasteiger partial charge on any atom is 0.325 e. The molecular weight excluding hydrogens is 422 g/mol. The molecule has 33 heavy (non-hydrogen) atoms. The molecule has 4 rings (SSSR count). The Hall–Kier alpha value is -2.94. The molecule has 0 bridgehead atoms. The van der Waals surface area contributed by atoms with Crippen LogP contribution in [0.15, 0.2) is 24.3 Å². The second kappa shape index (κ2) is 9.51. The predicted octanol–water partition coefficient (Wildman–Crippen LogP) is 1.82. The fraction of sp³-hybridized carbons (Fsp3) is 0.583. The van der Waals surface area contributed by atoms with Crippen LogP contribution in [0.2, 0.25) is 0 Å². The lowest BCUT2D eigenvalue weighted by Gasteiger charge is -2.36. The van der Waals surface area contributed by atoms with Crippen LogP contribution in [0.4, 0.5) is 10.5 Å². The van der Waals surface area contributed by atoms with E-state index >= 15 is 0 Å². The summed E-state index contributed by atoms with van der Waals surface area (Å²) >= 11 is 0. The van der Waals surface area contributed by atoms with Gasteiger partial charge in [0.1, 0.15) is 12.1 Å². The predicted molar refractivity (Wildman–Crippen MR) is 123 cm³/mol. The Balaban J connectivity index is 1.31. The number of imide groups is 1. The highest BCUT2D eigenvalue weighted by Gasteiger charge is 2.55.